The maximum absolute atomic E-state index is 13.7. The zero-order valence-electron chi connectivity index (χ0n) is 22.5. The summed E-state index contributed by atoms with van der Waals surface area (Å²) >= 11 is 6.04. The second-order valence-electron chi connectivity index (χ2n) is 11.2. The second-order valence-corrected chi connectivity index (χ2v) is 11.7. The molecular weight excluding hydrogens is 518 g/mol. The molecule has 1 amide bonds. The van der Waals surface area contributed by atoms with E-state index < -0.39 is 18.1 Å². The Labute approximate surface area is 233 Å². The van der Waals surface area contributed by atoms with Gasteiger partial charge in [0.15, 0.2) is 11.5 Å². The van der Waals surface area contributed by atoms with Crippen LogP contribution >= 0.6 is 11.6 Å². The summed E-state index contributed by atoms with van der Waals surface area (Å²) in [7, 11) is 1.53. The number of aliphatic carboxylic acids is 1. The molecule has 3 aromatic carbocycles. The first-order chi connectivity index (χ1) is 18.4. The van der Waals surface area contributed by atoms with Gasteiger partial charge in [-0.1, -0.05) is 35.9 Å². The number of carboxylic acid groups (broad SMARTS) is 1. The van der Waals surface area contributed by atoms with Crippen molar-refractivity contribution in [2.24, 2.45) is 0 Å². The normalized spacial score (nSPS) is 18.5. The minimum absolute atomic E-state index is 0.156. The van der Waals surface area contributed by atoms with E-state index in [1.165, 1.54) is 12.0 Å². The third-order valence-corrected chi connectivity index (χ3v) is 7.37. The Morgan fingerprint density at radius 2 is 1.69 bits per heavy atom. The van der Waals surface area contributed by atoms with E-state index >= 15 is 0 Å². The van der Waals surface area contributed by atoms with E-state index in [4.69, 9.17) is 25.8 Å². The van der Waals surface area contributed by atoms with Gasteiger partial charge in [-0.3, -0.25) is 9.59 Å². The summed E-state index contributed by atoms with van der Waals surface area (Å²) in [5.74, 6) is 0.409. The first-order valence-electron chi connectivity index (χ1n) is 12.9. The zero-order valence-corrected chi connectivity index (χ0v) is 23.3. The first kappa shape index (κ1) is 26.9. The molecule has 0 unspecified atom stereocenters. The van der Waals surface area contributed by atoms with Gasteiger partial charge >= 0.3 is 5.97 Å². The summed E-state index contributed by atoms with van der Waals surface area (Å²) in [4.78, 5) is 26.8. The van der Waals surface area contributed by atoms with Crippen LogP contribution < -0.4 is 14.2 Å². The number of hydrogen-bond donors (Lipinski definition) is 1. The Morgan fingerprint density at radius 1 is 0.974 bits per heavy atom. The van der Waals surface area contributed by atoms with E-state index in [1.807, 2.05) is 63.2 Å². The van der Waals surface area contributed by atoms with Crippen LogP contribution in [0.25, 0.3) is 0 Å². The van der Waals surface area contributed by atoms with E-state index in [-0.39, 0.29) is 18.1 Å². The fraction of sp³-hybridized carbons (Fsp3) is 0.355. The van der Waals surface area contributed by atoms with Gasteiger partial charge in [0, 0.05) is 42.0 Å². The molecule has 0 fully saturated rings. The highest BCUT2D eigenvalue weighted by atomic mass is 35.5. The van der Waals surface area contributed by atoms with Gasteiger partial charge in [0.1, 0.15) is 23.5 Å². The lowest BCUT2D eigenvalue weighted by Gasteiger charge is -2.24. The molecule has 1 atom stereocenters. The highest BCUT2D eigenvalue weighted by Gasteiger charge is 2.38. The summed E-state index contributed by atoms with van der Waals surface area (Å²) < 4.78 is 17.9. The van der Waals surface area contributed by atoms with Crippen molar-refractivity contribution in [3.05, 3.63) is 87.4 Å². The fourth-order valence-electron chi connectivity index (χ4n) is 5.53. The van der Waals surface area contributed by atoms with Gasteiger partial charge < -0.3 is 24.2 Å². The molecule has 3 aromatic rings. The Kier molecular flexibility index (Phi) is 6.97. The number of hydrogen-bond acceptors (Lipinski definition) is 5. The smallest absolute Gasteiger partial charge is 0.323 e. The van der Waals surface area contributed by atoms with Crippen LogP contribution in [0.3, 0.4) is 0 Å². The largest absolute Gasteiger partial charge is 0.493 e. The van der Waals surface area contributed by atoms with Gasteiger partial charge in [-0.05, 0) is 67.8 Å². The molecule has 5 rings (SSSR count). The SMILES string of the molecule is COc1cc(C(=O)N(CC(=O)O)Cc2ccc3c(c2)CC(C)(C)O3)cc2c1O[C@@](C)(Cc1ccc(Cl)cc1)C2. The molecule has 0 bridgehead atoms. The van der Waals surface area contributed by atoms with Crippen molar-refractivity contribution in [1.82, 2.24) is 4.90 Å². The molecule has 39 heavy (non-hydrogen) atoms. The molecule has 2 aliphatic rings. The molecule has 2 heterocycles. The van der Waals surface area contributed by atoms with Crippen molar-refractivity contribution in [3.63, 3.8) is 0 Å². The van der Waals surface area contributed by atoms with Crippen molar-refractivity contribution in [1.29, 1.82) is 0 Å². The monoisotopic (exact) mass is 549 g/mol. The van der Waals surface area contributed by atoms with E-state index in [0.29, 0.717) is 34.9 Å². The molecular formula is C31H32ClNO6. The molecule has 7 nitrogen and oxygen atoms in total. The number of nitrogens with zero attached hydrogens (tertiary/aromatic N) is 1. The topological polar surface area (TPSA) is 85.3 Å². The molecule has 2 aliphatic heterocycles. The number of rotatable bonds is 8. The predicted molar refractivity (Wildman–Crippen MR) is 148 cm³/mol. The van der Waals surface area contributed by atoms with Crippen LogP contribution in [0.1, 0.15) is 53.4 Å². The number of amides is 1. The Morgan fingerprint density at radius 3 is 2.38 bits per heavy atom. The quantitative estimate of drug-likeness (QED) is 0.386. The summed E-state index contributed by atoms with van der Waals surface area (Å²) in [5.41, 5.74) is 3.36. The van der Waals surface area contributed by atoms with Crippen molar-refractivity contribution in [2.75, 3.05) is 13.7 Å². The Bertz CT molecular complexity index is 1430. The average molecular weight is 550 g/mol. The third-order valence-electron chi connectivity index (χ3n) is 7.12. The lowest BCUT2D eigenvalue weighted by molar-refractivity contribution is -0.137. The van der Waals surface area contributed by atoms with Crippen molar-refractivity contribution >= 4 is 23.5 Å². The maximum atomic E-state index is 13.7. The number of carbonyl (C=O) groups is 2. The molecule has 8 heteroatoms. The lowest BCUT2D eigenvalue weighted by atomic mass is 9.91. The number of carboxylic acids is 1. The Hall–Kier alpha value is -3.71. The van der Waals surface area contributed by atoms with Gasteiger partial charge in [0.25, 0.3) is 5.91 Å². The standard InChI is InChI=1S/C31H32ClNO6/c1-30(2)15-22-11-20(7-10-25(22)38-30)17-33(18-27(34)35)29(36)21-12-23-16-31(3,39-28(23)26(13-21)37-4)14-19-5-8-24(32)9-6-19/h5-13H,14-18H2,1-4H3,(H,34,35)/t31-/m0/s1. The van der Waals surface area contributed by atoms with Crippen LogP contribution in [0.5, 0.6) is 17.2 Å². The summed E-state index contributed by atoms with van der Waals surface area (Å²) in [5, 5.41) is 10.3. The van der Waals surface area contributed by atoms with Crippen LogP contribution in [0, 0.1) is 0 Å². The molecule has 0 spiro atoms. The Balaban J connectivity index is 1.39. The second kappa shape index (κ2) is 10.1. The fourth-order valence-corrected chi connectivity index (χ4v) is 5.65. The predicted octanol–water partition coefficient (Wildman–Crippen LogP) is 5.73. The number of methoxy groups -OCH3 is 1. The van der Waals surface area contributed by atoms with Gasteiger partial charge in [-0.15, -0.1) is 0 Å². The van der Waals surface area contributed by atoms with Crippen LogP contribution in [-0.4, -0.2) is 46.7 Å². The van der Waals surface area contributed by atoms with E-state index in [2.05, 4.69) is 0 Å². The molecule has 1 N–H and O–H groups in total. The summed E-state index contributed by atoms with van der Waals surface area (Å²) in [6, 6.07) is 16.8. The summed E-state index contributed by atoms with van der Waals surface area (Å²) in [6.07, 6.45) is 1.97. The van der Waals surface area contributed by atoms with Crippen molar-refractivity contribution in [2.45, 2.75) is 57.8 Å². The molecule has 0 saturated heterocycles. The zero-order chi connectivity index (χ0) is 27.9. The summed E-state index contributed by atoms with van der Waals surface area (Å²) in [6.45, 7) is 5.81. The van der Waals surface area contributed by atoms with Gasteiger partial charge in [-0.2, -0.15) is 0 Å². The maximum Gasteiger partial charge on any atom is 0.323 e. The molecule has 0 aromatic heterocycles. The van der Waals surface area contributed by atoms with Gasteiger partial charge in [0.2, 0.25) is 0 Å². The van der Waals surface area contributed by atoms with Crippen LogP contribution in [-0.2, 0) is 30.6 Å². The van der Waals surface area contributed by atoms with E-state index in [9.17, 15) is 14.7 Å². The number of ether oxygens (including phenoxy) is 3. The third kappa shape index (κ3) is 5.83. The molecule has 0 aliphatic carbocycles. The molecule has 204 valence electrons. The highest BCUT2D eigenvalue weighted by Crippen LogP contribution is 2.44. The first-order valence-corrected chi connectivity index (χ1v) is 13.3. The molecule has 0 saturated carbocycles. The van der Waals surface area contributed by atoms with Gasteiger partial charge in [0.05, 0.1) is 7.11 Å². The minimum atomic E-state index is -1.08. The van der Waals surface area contributed by atoms with E-state index in [1.54, 1.807) is 12.1 Å². The number of halogens is 1. The number of fused-ring (bicyclic) bond motifs is 2. The van der Waals surface area contributed by atoms with E-state index in [0.717, 1.165) is 34.4 Å². The van der Waals surface area contributed by atoms with Crippen molar-refractivity contribution in [3.8, 4) is 17.2 Å². The van der Waals surface area contributed by atoms with Crippen LogP contribution in [0.4, 0.5) is 0 Å². The number of benzene rings is 3. The number of carbonyl (C=O) groups excluding carboxylic acids is 1. The van der Waals surface area contributed by atoms with Crippen LogP contribution in [0.15, 0.2) is 54.6 Å². The van der Waals surface area contributed by atoms with Gasteiger partial charge in [-0.25, -0.2) is 0 Å². The lowest BCUT2D eigenvalue weighted by Crippen LogP contribution is -2.35. The average Bonchev–Trinajstić information content (AvgIpc) is 3.37. The molecule has 0 radical (unpaired) electrons. The van der Waals surface area contributed by atoms with Crippen LogP contribution in [0.2, 0.25) is 5.02 Å². The minimum Gasteiger partial charge on any atom is -0.493 e. The highest BCUT2D eigenvalue weighted by molar-refractivity contribution is 6.30. The van der Waals surface area contributed by atoms with Crippen molar-refractivity contribution < 1.29 is 28.9 Å².